The van der Waals surface area contributed by atoms with Gasteiger partial charge >= 0.3 is 0 Å². The zero-order chi connectivity index (χ0) is 17.9. The van der Waals surface area contributed by atoms with Crippen molar-refractivity contribution >= 4 is 28.8 Å². The molecule has 0 unspecified atom stereocenters. The molecule has 1 aliphatic rings. The second-order valence-electron chi connectivity index (χ2n) is 6.59. The van der Waals surface area contributed by atoms with Gasteiger partial charge in [-0.05, 0) is 58.1 Å². The third-order valence-electron chi connectivity index (χ3n) is 4.85. The first-order valence-corrected chi connectivity index (χ1v) is 8.75. The first kappa shape index (κ1) is 16.4. The number of nitrogens with one attached hydrogen (secondary N) is 1. The van der Waals surface area contributed by atoms with E-state index >= 15 is 0 Å². The maximum Gasteiger partial charge on any atom is 0.170 e. The van der Waals surface area contributed by atoms with Crippen LogP contribution in [0.1, 0.15) is 27.8 Å². The fourth-order valence-corrected chi connectivity index (χ4v) is 3.38. The Kier molecular flexibility index (Phi) is 4.42. The summed E-state index contributed by atoms with van der Waals surface area (Å²) in [5.41, 5.74) is 11.6. The highest BCUT2D eigenvalue weighted by Gasteiger charge is 2.07. The normalized spacial score (nSPS) is 14.7. The molecule has 0 fully saturated rings. The summed E-state index contributed by atoms with van der Waals surface area (Å²) < 4.78 is 0. The van der Waals surface area contributed by atoms with Gasteiger partial charge in [-0.15, -0.1) is 0 Å². The Balaban J connectivity index is 1.60. The summed E-state index contributed by atoms with van der Waals surface area (Å²) in [7, 11) is 0. The van der Waals surface area contributed by atoms with Crippen molar-refractivity contribution in [1.82, 2.24) is 5.32 Å². The predicted molar refractivity (Wildman–Crippen MR) is 107 cm³/mol. The summed E-state index contributed by atoms with van der Waals surface area (Å²) in [6, 6.07) is 18.7. The summed E-state index contributed by atoms with van der Waals surface area (Å²) in [5.74, 6) is 0.124. The van der Waals surface area contributed by atoms with Crippen LogP contribution in [-0.4, -0.2) is 17.6 Å². The molecule has 0 aromatic heterocycles. The molecular formula is C22H21N3O. The highest BCUT2D eigenvalue weighted by atomic mass is 16.4. The van der Waals surface area contributed by atoms with E-state index in [1.54, 1.807) is 0 Å². The van der Waals surface area contributed by atoms with E-state index in [4.69, 9.17) is 10.9 Å². The number of amidine groups is 1. The van der Waals surface area contributed by atoms with Crippen molar-refractivity contribution in [2.45, 2.75) is 13.0 Å². The number of hydrogen-bond donors (Lipinski definition) is 3. The average molecular weight is 343 g/mol. The Hall–Kier alpha value is -3.11. The number of nitrogens with zero attached hydrogens (tertiary/aromatic N) is 1. The van der Waals surface area contributed by atoms with Crippen molar-refractivity contribution in [2.24, 2.45) is 10.9 Å². The molecule has 0 amide bonds. The molecule has 26 heavy (non-hydrogen) atoms. The van der Waals surface area contributed by atoms with Crippen LogP contribution in [0.2, 0.25) is 0 Å². The molecule has 4 nitrogen and oxygen atoms in total. The van der Waals surface area contributed by atoms with Crippen LogP contribution in [0.25, 0.3) is 22.9 Å². The summed E-state index contributed by atoms with van der Waals surface area (Å²) >= 11 is 0. The van der Waals surface area contributed by atoms with E-state index in [2.05, 4.69) is 59.0 Å². The van der Waals surface area contributed by atoms with E-state index in [1.165, 1.54) is 16.7 Å². The zero-order valence-corrected chi connectivity index (χ0v) is 14.4. The van der Waals surface area contributed by atoms with Gasteiger partial charge in [-0.1, -0.05) is 59.8 Å². The topological polar surface area (TPSA) is 70.6 Å². The molecule has 1 aliphatic heterocycles. The smallest absolute Gasteiger partial charge is 0.170 e. The third-order valence-corrected chi connectivity index (χ3v) is 4.85. The molecule has 0 saturated heterocycles. The maximum absolute atomic E-state index is 8.81. The predicted octanol–water partition coefficient (Wildman–Crippen LogP) is 3.75. The van der Waals surface area contributed by atoms with Gasteiger partial charge in [0.05, 0.1) is 0 Å². The molecule has 0 aliphatic carbocycles. The maximum atomic E-state index is 8.81. The highest BCUT2D eigenvalue weighted by molar-refractivity contribution is 6.01. The van der Waals surface area contributed by atoms with E-state index in [0.717, 1.165) is 35.8 Å². The SMILES string of the molecule is NC(=NO)c1ccc2cc(C=Cc3ccc4c(c3)CCNC4)ccc2c1. The minimum atomic E-state index is 0.124. The Labute approximate surface area is 152 Å². The number of nitrogens with two attached hydrogens (primary N) is 1. The fraction of sp³-hybridized carbons (Fsp3) is 0.136. The van der Waals surface area contributed by atoms with Gasteiger partial charge in [-0.2, -0.15) is 0 Å². The monoisotopic (exact) mass is 343 g/mol. The lowest BCUT2D eigenvalue weighted by Crippen LogP contribution is -2.23. The molecule has 4 rings (SSSR count). The van der Waals surface area contributed by atoms with Crippen molar-refractivity contribution in [3.8, 4) is 0 Å². The molecular weight excluding hydrogens is 322 g/mol. The first-order chi connectivity index (χ1) is 12.7. The van der Waals surface area contributed by atoms with Gasteiger partial charge in [0.25, 0.3) is 0 Å². The van der Waals surface area contributed by atoms with E-state index in [1.807, 2.05) is 18.2 Å². The number of fused-ring (bicyclic) bond motifs is 2. The third kappa shape index (κ3) is 3.32. The van der Waals surface area contributed by atoms with Crippen LogP contribution in [0.15, 0.2) is 59.8 Å². The van der Waals surface area contributed by atoms with Gasteiger partial charge in [-0.25, -0.2) is 0 Å². The second-order valence-corrected chi connectivity index (χ2v) is 6.59. The Morgan fingerprint density at radius 1 is 0.923 bits per heavy atom. The molecule has 0 saturated carbocycles. The lowest BCUT2D eigenvalue weighted by atomic mass is 9.98. The Morgan fingerprint density at radius 3 is 2.50 bits per heavy atom. The number of hydrogen-bond acceptors (Lipinski definition) is 3. The van der Waals surface area contributed by atoms with Gasteiger partial charge in [-0.3, -0.25) is 0 Å². The van der Waals surface area contributed by atoms with Crippen LogP contribution < -0.4 is 11.1 Å². The van der Waals surface area contributed by atoms with Gasteiger partial charge in [0.2, 0.25) is 0 Å². The van der Waals surface area contributed by atoms with E-state index in [0.29, 0.717) is 5.56 Å². The molecule has 0 bridgehead atoms. The number of rotatable bonds is 3. The van der Waals surface area contributed by atoms with Crippen molar-refractivity contribution < 1.29 is 5.21 Å². The van der Waals surface area contributed by atoms with Crippen LogP contribution in [0.5, 0.6) is 0 Å². The molecule has 3 aromatic carbocycles. The molecule has 4 N–H and O–H groups in total. The lowest BCUT2D eigenvalue weighted by Gasteiger charge is -2.17. The van der Waals surface area contributed by atoms with Gasteiger partial charge < -0.3 is 16.3 Å². The van der Waals surface area contributed by atoms with Crippen molar-refractivity contribution in [3.05, 3.63) is 82.4 Å². The van der Waals surface area contributed by atoms with Crippen molar-refractivity contribution in [3.63, 3.8) is 0 Å². The van der Waals surface area contributed by atoms with Crippen molar-refractivity contribution in [1.29, 1.82) is 0 Å². The summed E-state index contributed by atoms with van der Waals surface area (Å²) in [6.45, 7) is 2.02. The quantitative estimate of drug-likeness (QED) is 0.223. The Bertz CT molecular complexity index is 1020. The minimum Gasteiger partial charge on any atom is -0.409 e. The zero-order valence-electron chi connectivity index (χ0n) is 14.4. The summed E-state index contributed by atoms with van der Waals surface area (Å²) in [5, 5.41) is 17.5. The number of oxime groups is 1. The molecule has 0 radical (unpaired) electrons. The molecule has 0 spiro atoms. The summed E-state index contributed by atoms with van der Waals surface area (Å²) in [4.78, 5) is 0. The largest absolute Gasteiger partial charge is 0.409 e. The van der Waals surface area contributed by atoms with Crippen LogP contribution in [0.3, 0.4) is 0 Å². The molecule has 1 heterocycles. The van der Waals surface area contributed by atoms with E-state index in [-0.39, 0.29) is 5.84 Å². The lowest BCUT2D eigenvalue weighted by molar-refractivity contribution is 0.318. The summed E-state index contributed by atoms with van der Waals surface area (Å²) in [6.07, 6.45) is 5.39. The van der Waals surface area contributed by atoms with Crippen LogP contribution in [0, 0.1) is 0 Å². The van der Waals surface area contributed by atoms with Gasteiger partial charge in [0.15, 0.2) is 5.84 Å². The van der Waals surface area contributed by atoms with E-state index < -0.39 is 0 Å². The minimum absolute atomic E-state index is 0.124. The van der Waals surface area contributed by atoms with Gasteiger partial charge in [0.1, 0.15) is 0 Å². The average Bonchev–Trinajstić information content (AvgIpc) is 2.71. The molecule has 3 aromatic rings. The van der Waals surface area contributed by atoms with Crippen LogP contribution in [-0.2, 0) is 13.0 Å². The van der Waals surface area contributed by atoms with Gasteiger partial charge in [0, 0.05) is 12.1 Å². The van der Waals surface area contributed by atoms with Crippen molar-refractivity contribution in [2.75, 3.05) is 6.54 Å². The molecule has 4 heteroatoms. The highest BCUT2D eigenvalue weighted by Crippen LogP contribution is 2.21. The standard InChI is InChI=1S/C22H21N3O/c23-22(25-26)20-8-7-17-11-15(3-5-18(17)13-20)1-2-16-4-6-21-14-24-10-9-19(21)12-16/h1-8,11-13,24,26H,9-10,14H2,(H2,23,25). The number of benzene rings is 3. The molecule has 0 atom stereocenters. The fourth-order valence-electron chi connectivity index (χ4n) is 3.38. The molecule has 130 valence electrons. The van der Waals surface area contributed by atoms with E-state index in [9.17, 15) is 0 Å². The first-order valence-electron chi connectivity index (χ1n) is 8.75. The second kappa shape index (κ2) is 7.02. The Morgan fingerprint density at radius 2 is 1.65 bits per heavy atom. The van der Waals surface area contributed by atoms with Crippen LogP contribution in [0.4, 0.5) is 0 Å². The van der Waals surface area contributed by atoms with Crippen LogP contribution >= 0.6 is 0 Å².